The fraction of sp³-hybridized carbons (Fsp3) is 0.0449. The van der Waals surface area contributed by atoms with Gasteiger partial charge in [-0.1, -0.05) is 239 Å². The predicted molar refractivity (Wildman–Crippen MR) is 403 cm³/mol. The van der Waals surface area contributed by atoms with Crippen molar-refractivity contribution in [3.05, 3.63) is 326 Å². The number of hydrogen-bond donors (Lipinski definition) is 0. The van der Waals surface area contributed by atoms with Crippen molar-refractivity contribution >= 4 is 123 Å². The van der Waals surface area contributed by atoms with E-state index in [1.807, 2.05) is 143 Å². The summed E-state index contributed by atoms with van der Waals surface area (Å²) in [5.74, 6) is 0. The Morgan fingerprint density at radius 1 is 0.344 bits per heavy atom. The van der Waals surface area contributed by atoms with E-state index in [9.17, 15) is 27.2 Å². The summed E-state index contributed by atoms with van der Waals surface area (Å²) in [5, 5.41) is 13.1. The normalized spacial score (nSPS) is 15.7. The lowest BCUT2D eigenvalue weighted by Gasteiger charge is -2.45. The second-order valence-corrected chi connectivity index (χ2v) is 25.2. The topological polar surface area (TPSA) is 45.1 Å². The highest BCUT2D eigenvalue weighted by Gasteiger charge is 2.46. The van der Waals surface area contributed by atoms with Crippen molar-refractivity contribution in [2.75, 3.05) is 9.80 Å². The van der Waals surface area contributed by atoms with Gasteiger partial charge in [-0.15, -0.1) is 0 Å². The molecule has 0 saturated carbocycles. The molecule has 96 heavy (non-hydrogen) atoms. The molecule has 2 aliphatic rings. The summed E-state index contributed by atoms with van der Waals surface area (Å²) in [6.45, 7) is 5.27. The Morgan fingerprint density at radius 2 is 0.771 bits per heavy atom. The molecular weight excluding hydrogens is 1160 g/mol. The predicted octanol–water partition coefficient (Wildman–Crippen LogP) is 21.2. The molecule has 0 spiro atoms. The molecule has 0 radical (unpaired) electrons. The van der Waals surface area contributed by atoms with Crippen LogP contribution in [-0.2, 0) is 5.41 Å². The van der Waals surface area contributed by atoms with Gasteiger partial charge >= 0.3 is 0 Å². The lowest BCUT2D eigenvalue weighted by molar-refractivity contribution is 0.591. The maximum atomic E-state index is 12.0. The zero-order valence-corrected chi connectivity index (χ0v) is 51.7. The van der Waals surface area contributed by atoms with Gasteiger partial charge in [0.1, 0.15) is 6.07 Å². The zero-order chi connectivity index (χ0) is 82.2. The largest absolute Gasteiger partial charge is 0.310 e. The summed E-state index contributed by atoms with van der Waals surface area (Å²) < 4.78 is 204. The number of anilines is 6. The van der Waals surface area contributed by atoms with Gasteiger partial charge in [0.05, 0.1) is 84.5 Å². The molecule has 6 nitrogen and oxygen atoms in total. The van der Waals surface area contributed by atoms with Gasteiger partial charge in [0.15, 0.2) is 0 Å². The minimum atomic E-state index is -1.04. The van der Waals surface area contributed by atoms with Crippen LogP contribution in [0.25, 0.3) is 116 Å². The van der Waals surface area contributed by atoms with Crippen LogP contribution >= 0.6 is 0 Å². The van der Waals surface area contributed by atoms with Gasteiger partial charge in [0.2, 0.25) is 0 Å². The molecule has 0 fully saturated rings. The first-order valence-corrected chi connectivity index (χ1v) is 31.4. The fourth-order valence-electron chi connectivity index (χ4n) is 14.8. The van der Waals surface area contributed by atoms with Crippen molar-refractivity contribution in [1.29, 1.82) is 5.26 Å². The Bertz CT molecular complexity index is 7130. The lowest BCUT2D eigenvalue weighted by Crippen LogP contribution is -2.61. The molecular formula is C89H61BN6. The molecule has 0 bridgehead atoms. The second-order valence-electron chi connectivity index (χ2n) is 25.2. The Labute approximate surface area is 586 Å². The van der Waals surface area contributed by atoms with Crippen LogP contribution in [0.3, 0.4) is 0 Å². The van der Waals surface area contributed by atoms with Crippen LogP contribution in [-0.4, -0.2) is 20.4 Å². The molecule has 5 heterocycles. The van der Waals surface area contributed by atoms with Gasteiger partial charge in [0.25, 0.3) is 6.71 Å². The third kappa shape index (κ3) is 8.32. The number of hydrogen-bond acceptors (Lipinski definition) is 3. The fourth-order valence-corrected chi connectivity index (χ4v) is 14.8. The molecule has 0 N–H and O–H groups in total. The van der Waals surface area contributed by atoms with Gasteiger partial charge in [0, 0.05) is 77.6 Å². The van der Waals surface area contributed by atoms with Gasteiger partial charge < -0.3 is 23.5 Å². The summed E-state index contributed by atoms with van der Waals surface area (Å²) in [6.07, 6.45) is 0. The molecule has 2 aliphatic heterocycles. The highest BCUT2D eigenvalue weighted by atomic mass is 15.2. The van der Waals surface area contributed by atoms with Crippen LogP contribution in [0.4, 0.5) is 34.1 Å². The minimum Gasteiger partial charge on any atom is -0.310 e. The van der Waals surface area contributed by atoms with Crippen molar-refractivity contribution in [2.45, 2.75) is 26.2 Å². The highest BCUT2D eigenvalue weighted by Crippen LogP contribution is 2.54. The van der Waals surface area contributed by atoms with Crippen LogP contribution in [0.5, 0.6) is 0 Å². The van der Waals surface area contributed by atoms with Gasteiger partial charge in [-0.3, -0.25) is 0 Å². The monoisotopic (exact) mass is 1250 g/mol. The van der Waals surface area contributed by atoms with Gasteiger partial charge in [-0.25, -0.2) is 0 Å². The maximum Gasteiger partial charge on any atom is 0.252 e. The molecule has 3 aromatic heterocycles. The van der Waals surface area contributed by atoms with Crippen LogP contribution in [0.15, 0.2) is 315 Å². The van der Waals surface area contributed by atoms with E-state index in [4.69, 9.17) is 6.85 Å². The van der Waals surface area contributed by atoms with E-state index in [0.717, 1.165) is 38.5 Å². The van der Waals surface area contributed by atoms with E-state index >= 15 is 0 Å². The lowest BCUT2D eigenvalue weighted by atomic mass is 9.33. The number of benzene rings is 14. The van der Waals surface area contributed by atoms with E-state index in [0.29, 0.717) is 50.3 Å². The third-order valence-electron chi connectivity index (χ3n) is 19.0. The number of nitrogens with zero attached hydrogens (tertiary/aromatic N) is 6. The van der Waals surface area contributed by atoms with Crippen molar-refractivity contribution in [3.63, 3.8) is 0 Å². The van der Waals surface area contributed by atoms with Crippen molar-refractivity contribution in [1.82, 2.24) is 13.7 Å². The molecule has 0 amide bonds. The second kappa shape index (κ2) is 21.3. The summed E-state index contributed by atoms with van der Waals surface area (Å²) in [6, 6.07) is 48.5. The number of rotatable bonds is 8. The highest BCUT2D eigenvalue weighted by molar-refractivity contribution is 7.00. The van der Waals surface area contributed by atoms with Crippen LogP contribution < -0.4 is 26.2 Å². The third-order valence-corrected chi connectivity index (χ3v) is 19.0. The molecule has 450 valence electrons. The summed E-state index contributed by atoms with van der Waals surface area (Å²) >= 11 is 0. The molecule has 0 saturated heterocycles. The quantitative estimate of drug-likeness (QED) is 0.142. The molecule has 17 aromatic rings. The Hall–Kier alpha value is -12.4. The first-order chi connectivity index (χ1) is 56.0. The average molecular weight is 1250 g/mol. The van der Waals surface area contributed by atoms with Gasteiger partial charge in [-0.05, 0) is 147 Å². The Balaban J connectivity index is 1.07. The molecule has 14 aromatic carbocycles. The number of nitriles is 1. The first-order valence-electron chi connectivity index (χ1n) is 41.9. The van der Waals surface area contributed by atoms with Crippen LogP contribution in [0, 0.1) is 11.3 Å². The molecule has 19 rings (SSSR count). The SMILES string of the molecule is [2H]c1c([2H])c([2H])c(-c2ccc3c(c2)N(c2cc(-n4c5ccccc5c5ccccc54)ccc2C#N)c2cc(-n4c5c([2H])c([2H])c([2H])c([2H])c5c5c([2H])c([2H])c([2H])c([2H])c54)cc4c2B3c2ccc(-n3c5c([2H])c([2H])c([2H])c([2H])c5c5c([2H])c([2H])c([2H])c([2H])c53)cc2N4c2c(-c3ccccc3)cc(C(C)(C)C)cc2-c2ccccc2)c([2H])c1[2H]. The van der Waals surface area contributed by atoms with Crippen molar-refractivity contribution < 1.29 is 28.8 Å². The Kier molecular flexibility index (Phi) is 8.44. The number of aromatic nitrogens is 3. The molecule has 0 unspecified atom stereocenters. The Morgan fingerprint density at radius 3 is 1.30 bits per heavy atom. The number of para-hydroxylation sites is 6. The summed E-state index contributed by atoms with van der Waals surface area (Å²) in [7, 11) is 0. The minimum absolute atomic E-state index is 0.0395. The van der Waals surface area contributed by atoms with Crippen LogP contribution in [0.1, 0.15) is 60.7 Å². The number of fused-ring (bicyclic) bond motifs is 13. The summed E-state index contributed by atoms with van der Waals surface area (Å²) in [4.78, 5) is 3.90. The van der Waals surface area contributed by atoms with Gasteiger partial charge in [-0.2, -0.15) is 5.26 Å². The van der Waals surface area contributed by atoms with Crippen molar-refractivity contribution in [3.8, 4) is 56.5 Å². The molecule has 0 aliphatic carbocycles. The van der Waals surface area contributed by atoms with E-state index in [-0.39, 0.29) is 88.7 Å². The smallest absolute Gasteiger partial charge is 0.252 e. The average Bonchev–Trinajstić information content (AvgIpc) is 1.68. The first kappa shape index (κ1) is 38.0. The molecule has 7 heteroatoms. The van der Waals surface area contributed by atoms with Crippen molar-refractivity contribution in [2.24, 2.45) is 0 Å². The standard InChI is InChI=1S/C89H61BN6/c1-89(2,3)62-50-72(58-27-9-5-10-28-58)88(73(51-62)59-29-11-6-12-30-59)96-84-53-64(93-78-39-21-15-33-68(78)69-34-16-22-40-79(69)93)46-48-75(84)90-74-47-44-60(57-25-7-4-8-26-57)49-83(74)95(82-52-63(45-43-61(82)56-91)92-76-37-19-13-31-66(76)67-32-14-20-38-77(67)92)85-54-65(55-86(96)87(85)90)94-80-41-23-17-35-70(80)71-36-18-24-42-81(71)94/h4-55H,1-3H3/i4D,7D,8D,15D,16D,17D,18D,21D,22D,23D,24D,25D,26D,33D,34D,35D,36D,39D,40D,41D,42D. The van der Waals surface area contributed by atoms with E-state index in [1.54, 1.807) is 42.5 Å². The van der Waals surface area contributed by atoms with E-state index < -0.39 is 139 Å². The maximum absolute atomic E-state index is 12.0. The van der Waals surface area contributed by atoms with Crippen LogP contribution in [0.2, 0.25) is 0 Å². The van der Waals surface area contributed by atoms with E-state index in [2.05, 4.69) is 43.5 Å². The van der Waals surface area contributed by atoms with E-state index in [1.165, 1.54) is 9.13 Å². The summed E-state index contributed by atoms with van der Waals surface area (Å²) in [5.41, 5.74) is 8.19. The zero-order valence-electron chi connectivity index (χ0n) is 72.7. The molecule has 0 atom stereocenters.